The van der Waals surface area contributed by atoms with Crippen molar-refractivity contribution < 1.29 is 0 Å². The van der Waals surface area contributed by atoms with Crippen molar-refractivity contribution in [1.82, 2.24) is 24.7 Å². The fourth-order valence-electron chi connectivity index (χ4n) is 1.67. The average Bonchev–Trinajstić information content (AvgIpc) is 2.83. The summed E-state index contributed by atoms with van der Waals surface area (Å²) < 4.78 is 1.54. The topological polar surface area (TPSA) is 76.5 Å². The van der Waals surface area contributed by atoms with Crippen LogP contribution in [0.3, 0.4) is 0 Å². The van der Waals surface area contributed by atoms with Crippen LogP contribution in [-0.2, 0) is 6.54 Å². The number of hydrogen-bond acceptors (Lipinski definition) is 4. The molecule has 0 aliphatic heterocycles. The molecule has 1 N–H and O–H groups in total. The van der Waals surface area contributed by atoms with Crippen LogP contribution in [0.15, 0.2) is 41.8 Å². The van der Waals surface area contributed by atoms with Gasteiger partial charge >= 0.3 is 0 Å². The maximum Gasteiger partial charge on any atom is 0.264 e. The Morgan fingerprint density at radius 3 is 3.12 bits per heavy atom. The van der Waals surface area contributed by atoms with E-state index >= 15 is 0 Å². The smallest absolute Gasteiger partial charge is 0.264 e. The van der Waals surface area contributed by atoms with Gasteiger partial charge in [0.15, 0.2) is 5.65 Å². The fourth-order valence-corrected chi connectivity index (χ4v) is 1.67. The highest BCUT2D eigenvalue weighted by atomic mass is 16.1. The molecule has 0 saturated heterocycles. The monoisotopic (exact) mass is 227 g/mol. The number of H-pyrrole nitrogens is 1. The predicted molar refractivity (Wildman–Crippen MR) is 61.5 cm³/mol. The second-order valence-corrected chi connectivity index (χ2v) is 3.67. The van der Waals surface area contributed by atoms with Crippen molar-refractivity contribution in [2.45, 2.75) is 6.54 Å². The number of aromatic amines is 1. The molecule has 3 heterocycles. The van der Waals surface area contributed by atoms with Gasteiger partial charge in [-0.05, 0) is 11.6 Å². The molecule has 0 bridgehead atoms. The molecule has 0 spiro atoms. The molecule has 0 aliphatic carbocycles. The van der Waals surface area contributed by atoms with Crippen LogP contribution in [0.5, 0.6) is 0 Å². The Kier molecular flexibility index (Phi) is 2.18. The zero-order chi connectivity index (χ0) is 11.7. The number of aromatic nitrogens is 5. The van der Waals surface area contributed by atoms with E-state index in [1.807, 2.05) is 12.1 Å². The summed E-state index contributed by atoms with van der Waals surface area (Å²) in [6.45, 7) is 0.459. The van der Waals surface area contributed by atoms with Crippen molar-refractivity contribution >= 4 is 11.0 Å². The first-order valence-corrected chi connectivity index (χ1v) is 5.12. The van der Waals surface area contributed by atoms with E-state index < -0.39 is 0 Å². The minimum atomic E-state index is -0.104. The maximum atomic E-state index is 12.0. The minimum Gasteiger partial charge on any atom is -0.294 e. The molecule has 0 aliphatic rings. The Labute approximate surface area is 96.0 Å². The van der Waals surface area contributed by atoms with Gasteiger partial charge in [-0.25, -0.2) is 4.98 Å². The molecule has 0 amide bonds. The summed E-state index contributed by atoms with van der Waals surface area (Å²) in [6, 6.07) is 3.75. The molecule has 0 radical (unpaired) electrons. The number of nitrogens with zero attached hydrogens (tertiary/aromatic N) is 4. The summed E-state index contributed by atoms with van der Waals surface area (Å²) in [5.74, 6) is 0. The van der Waals surface area contributed by atoms with Crippen LogP contribution in [0.25, 0.3) is 11.0 Å². The molecule has 3 aromatic rings. The second kappa shape index (κ2) is 3.82. The van der Waals surface area contributed by atoms with Crippen molar-refractivity contribution in [1.29, 1.82) is 0 Å². The van der Waals surface area contributed by atoms with Crippen molar-refractivity contribution in [3.8, 4) is 0 Å². The van der Waals surface area contributed by atoms with Crippen LogP contribution in [0.1, 0.15) is 5.56 Å². The van der Waals surface area contributed by atoms with Gasteiger partial charge in [0.1, 0.15) is 11.7 Å². The Balaban J connectivity index is 2.07. The molecule has 0 saturated carbocycles. The minimum absolute atomic E-state index is 0.104. The van der Waals surface area contributed by atoms with Crippen LogP contribution in [-0.4, -0.2) is 24.7 Å². The van der Waals surface area contributed by atoms with Gasteiger partial charge in [-0.1, -0.05) is 6.07 Å². The first kappa shape index (κ1) is 9.71. The fraction of sp³-hybridized carbons (Fsp3) is 0.0909. The van der Waals surface area contributed by atoms with Crippen molar-refractivity contribution in [3.63, 3.8) is 0 Å². The molecule has 0 fully saturated rings. The quantitative estimate of drug-likeness (QED) is 0.694. The van der Waals surface area contributed by atoms with Gasteiger partial charge in [0.2, 0.25) is 0 Å². The molecule has 0 aromatic carbocycles. The summed E-state index contributed by atoms with van der Waals surface area (Å²) in [5.41, 5.74) is 1.37. The highest BCUT2D eigenvalue weighted by Crippen LogP contribution is 2.02. The van der Waals surface area contributed by atoms with E-state index in [1.165, 1.54) is 17.1 Å². The molecule has 3 rings (SSSR count). The molecule has 3 aromatic heterocycles. The van der Waals surface area contributed by atoms with Crippen molar-refractivity contribution in [3.05, 3.63) is 53.0 Å². The number of rotatable bonds is 2. The third-order valence-electron chi connectivity index (χ3n) is 2.51. The van der Waals surface area contributed by atoms with Crippen molar-refractivity contribution in [2.75, 3.05) is 0 Å². The van der Waals surface area contributed by atoms with Gasteiger partial charge in [-0.3, -0.25) is 19.4 Å². The summed E-state index contributed by atoms with van der Waals surface area (Å²) in [7, 11) is 0. The SMILES string of the molecule is O=c1c2cn[nH]c2ncn1Cc1cccnc1. The van der Waals surface area contributed by atoms with E-state index in [0.717, 1.165) is 5.56 Å². The lowest BCUT2D eigenvalue weighted by Gasteiger charge is -2.04. The normalized spacial score (nSPS) is 10.8. The van der Waals surface area contributed by atoms with Gasteiger partial charge in [0.25, 0.3) is 5.56 Å². The van der Waals surface area contributed by atoms with Crippen LogP contribution < -0.4 is 5.56 Å². The standard InChI is InChI=1S/C11H9N5O/c17-11-9-5-14-15-10(9)13-7-16(11)6-8-2-1-3-12-4-8/h1-5,7H,6H2,(H,14,15). The van der Waals surface area contributed by atoms with E-state index in [0.29, 0.717) is 17.6 Å². The number of pyridine rings is 1. The van der Waals surface area contributed by atoms with Gasteiger partial charge in [-0.15, -0.1) is 0 Å². The summed E-state index contributed by atoms with van der Waals surface area (Å²) in [5, 5.41) is 6.96. The lowest BCUT2D eigenvalue weighted by atomic mass is 10.3. The number of fused-ring (bicyclic) bond motifs is 1. The van der Waals surface area contributed by atoms with E-state index in [1.54, 1.807) is 12.4 Å². The summed E-state index contributed by atoms with van der Waals surface area (Å²) in [4.78, 5) is 20.2. The van der Waals surface area contributed by atoms with Crippen LogP contribution >= 0.6 is 0 Å². The van der Waals surface area contributed by atoms with Gasteiger partial charge in [0.05, 0.1) is 12.7 Å². The van der Waals surface area contributed by atoms with E-state index in [-0.39, 0.29) is 5.56 Å². The van der Waals surface area contributed by atoms with Gasteiger partial charge < -0.3 is 0 Å². The Morgan fingerprint density at radius 1 is 1.35 bits per heavy atom. The summed E-state index contributed by atoms with van der Waals surface area (Å²) >= 11 is 0. The zero-order valence-corrected chi connectivity index (χ0v) is 8.87. The molecule has 6 nitrogen and oxygen atoms in total. The molecular weight excluding hydrogens is 218 g/mol. The third-order valence-corrected chi connectivity index (χ3v) is 2.51. The molecule has 17 heavy (non-hydrogen) atoms. The lowest BCUT2D eigenvalue weighted by molar-refractivity contribution is 0.745. The first-order chi connectivity index (χ1) is 8.34. The van der Waals surface area contributed by atoms with E-state index in [9.17, 15) is 4.79 Å². The predicted octanol–water partition coefficient (Wildman–Crippen LogP) is 0.563. The molecule has 6 heteroatoms. The van der Waals surface area contributed by atoms with Crippen LogP contribution in [0.4, 0.5) is 0 Å². The third kappa shape index (κ3) is 1.69. The molecule has 84 valence electrons. The highest BCUT2D eigenvalue weighted by Gasteiger charge is 2.05. The van der Waals surface area contributed by atoms with E-state index in [2.05, 4.69) is 20.2 Å². The Bertz CT molecular complexity index is 700. The van der Waals surface area contributed by atoms with E-state index in [4.69, 9.17) is 0 Å². The Hall–Kier alpha value is -2.50. The maximum absolute atomic E-state index is 12.0. The number of nitrogens with one attached hydrogen (secondary N) is 1. The van der Waals surface area contributed by atoms with Gasteiger partial charge in [-0.2, -0.15) is 5.10 Å². The average molecular weight is 227 g/mol. The largest absolute Gasteiger partial charge is 0.294 e. The number of hydrogen-bond donors (Lipinski definition) is 1. The van der Waals surface area contributed by atoms with Crippen LogP contribution in [0, 0.1) is 0 Å². The zero-order valence-electron chi connectivity index (χ0n) is 8.87. The lowest BCUT2D eigenvalue weighted by Crippen LogP contribution is -2.20. The van der Waals surface area contributed by atoms with Crippen molar-refractivity contribution in [2.24, 2.45) is 0 Å². The highest BCUT2D eigenvalue weighted by molar-refractivity contribution is 5.71. The molecular formula is C11H9N5O. The molecule has 0 atom stereocenters. The second-order valence-electron chi connectivity index (χ2n) is 3.67. The Morgan fingerprint density at radius 2 is 2.29 bits per heavy atom. The van der Waals surface area contributed by atoms with Gasteiger partial charge in [0, 0.05) is 12.4 Å². The van der Waals surface area contributed by atoms with Crippen LogP contribution in [0.2, 0.25) is 0 Å². The first-order valence-electron chi connectivity index (χ1n) is 5.12. The molecule has 0 unspecified atom stereocenters. The summed E-state index contributed by atoms with van der Waals surface area (Å²) in [6.07, 6.45) is 6.43.